The van der Waals surface area contributed by atoms with E-state index in [4.69, 9.17) is 0 Å². The molecule has 3 rings (SSSR count). The number of amides is 1. The number of aromatic nitrogens is 4. The van der Waals surface area contributed by atoms with Crippen molar-refractivity contribution in [2.24, 2.45) is 0 Å². The highest BCUT2D eigenvalue weighted by Crippen LogP contribution is 2.16. The van der Waals surface area contributed by atoms with Gasteiger partial charge in [-0.25, -0.2) is 4.68 Å². The fraction of sp³-hybridized carbons (Fsp3) is 0.500. The Morgan fingerprint density at radius 1 is 1.29 bits per heavy atom. The van der Waals surface area contributed by atoms with Gasteiger partial charge < -0.3 is 14.4 Å². The molecule has 0 aliphatic carbocycles. The van der Waals surface area contributed by atoms with Crippen LogP contribution in [0.5, 0.6) is 0 Å². The van der Waals surface area contributed by atoms with Crippen molar-refractivity contribution in [3.8, 4) is 0 Å². The minimum absolute atomic E-state index is 0.0598. The van der Waals surface area contributed by atoms with E-state index in [1.165, 1.54) is 10.6 Å². The molecule has 24 heavy (non-hydrogen) atoms. The van der Waals surface area contributed by atoms with Crippen LogP contribution in [0.2, 0.25) is 0 Å². The van der Waals surface area contributed by atoms with Crippen molar-refractivity contribution in [3.63, 3.8) is 0 Å². The predicted octanol–water partition coefficient (Wildman–Crippen LogP) is -0.0661. The second-order valence-electron chi connectivity index (χ2n) is 6.28. The van der Waals surface area contributed by atoms with Crippen LogP contribution in [-0.4, -0.2) is 55.9 Å². The largest absolute Gasteiger partial charge is 0.335 e. The van der Waals surface area contributed by atoms with Gasteiger partial charge >= 0.3 is 0 Å². The normalized spacial score (nSPS) is 14.5. The summed E-state index contributed by atoms with van der Waals surface area (Å²) in [5.41, 5.74) is 1.72. The maximum absolute atomic E-state index is 12.6. The summed E-state index contributed by atoms with van der Waals surface area (Å²) >= 11 is 0. The maximum Gasteiger partial charge on any atom is 0.250 e. The molecule has 128 valence electrons. The van der Waals surface area contributed by atoms with Crippen LogP contribution in [0, 0.1) is 0 Å². The van der Waals surface area contributed by atoms with Crippen molar-refractivity contribution in [1.82, 2.24) is 29.4 Å². The minimum atomic E-state index is -0.166. The van der Waals surface area contributed by atoms with Crippen molar-refractivity contribution < 1.29 is 4.79 Å². The standard InChI is InChI=1S/C16H22N6O2/c1-19(2)10-13-14-11-20(8-5-9-22(14)18-17-13)16(24)12-21-7-4-3-6-15(21)23/h3-4,6-7H,5,8-12H2,1-2H3. The summed E-state index contributed by atoms with van der Waals surface area (Å²) in [7, 11) is 3.96. The van der Waals surface area contributed by atoms with Crippen molar-refractivity contribution >= 4 is 5.91 Å². The summed E-state index contributed by atoms with van der Waals surface area (Å²) in [5.74, 6) is -0.0613. The Kier molecular flexibility index (Phi) is 4.75. The first kappa shape index (κ1) is 16.4. The molecule has 0 N–H and O–H groups in total. The Morgan fingerprint density at radius 3 is 2.88 bits per heavy atom. The molecule has 0 aromatic carbocycles. The quantitative estimate of drug-likeness (QED) is 0.785. The molecule has 1 aliphatic heterocycles. The van der Waals surface area contributed by atoms with Gasteiger partial charge in [0.05, 0.1) is 12.2 Å². The highest BCUT2D eigenvalue weighted by molar-refractivity contribution is 5.76. The molecule has 1 aliphatic rings. The first-order valence-electron chi connectivity index (χ1n) is 8.04. The number of pyridine rings is 1. The smallest absolute Gasteiger partial charge is 0.250 e. The van der Waals surface area contributed by atoms with Crippen LogP contribution >= 0.6 is 0 Å². The number of hydrogen-bond donors (Lipinski definition) is 0. The molecule has 8 nitrogen and oxygen atoms in total. The Labute approximate surface area is 140 Å². The average Bonchev–Trinajstić information content (AvgIpc) is 2.78. The lowest BCUT2D eigenvalue weighted by Crippen LogP contribution is -2.36. The first-order valence-corrected chi connectivity index (χ1v) is 8.04. The fourth-order valence-electron chi connectivity index (χ4n) is 2.86. The van der Waals surface area contributed by atoms with Crippen LogP contribution in [0.4, 0.5) is 0 Å². The number of aryl methyl sites for hydroxylation is 1. The summed E-state index contributed by atoms with van der Waals surface area (Å²) < 4.78 is 3.32. The van der Waals surface area contributed by atoms with Gasteiger partial charge in [-0.15, -0.1) is 5.10 Å². The van der Waals surface area contributed by atoms with Crippen molar-refractivity contribution in [2.75, 3.05) is 20.6 Å². The third kappa shape index (κ3) is 3.53. The number of fused-ring (bicyclic) bond motifs is 1. The number of nitrogens with zero attached hydrogens (tertiary/aromatic N) is 6. The van der Waals surface area contributed by atoms with Gasteiger partial charge in [0, 0.05) is 31.9 Å². The maximum atomic E-state index is 12.6. The van der Waals surface area contributed by atoms with Crippen molar-refractivity contribution in [3.05, 3.63) is 46.1 Å². The van der Waals surface area contributed by atoms with Crippen LogP contribution < -0.4 is 5.56 Å². The Bertz CT molecular complexity index is 779. The van der Waals surface area contributed by atoms with E-state index >= 15 is 0 Å². The van der Waals surface area contributed by atoms with Gasteiger partial charge in [-0.1, -0.05) is 11.3 Å². The van der Waals surface area contributed by atoms with E-state index in [-0.39, 0.29) is 18.0 Å². The van der Waals surface area contributed by atoms with Gasteiger partial charge in [-0.3, -0.25) is 9.59 Å². The Hall–Kier alpha value is -2.48. The number of carbonyl (C=O) groups excluding carboxylic acids is 1. The van der Waals surface area contributed by atoms with Crippen molar-refractivity contribution in [2.45, 2.75) is 32.6 Å². The second kappa shape index (κ2) is 6.96. The topological polar surface area (TPSA) is 76.3 Å². The predicted molar refractivity (Wildman–Crippen MR) is 88.1 cm³/mol. The van der Waals surface area contributed by atoms with Crippen LogP contribution in [0.15, 0.2) is 29.2 Å². The number of hydrogen-bond acceptors (Lipinski definition) is 5. The highest BCUT2D eigenvalue weighted by atomic mass is 16.2. The molecule has 0 radical (unpaired) electrons. The van der Waals surface area contributed by atoms with E-state index < -0.39 is 0 Å². The highest BCUT2D eigenvalue weighted by Gasteiger charge is 2.23. The number of rotatable bonds is 4. The molecule has 0 fully saturated rings. The van der Waals surface area contributed by atoms with E-state index in [0.29, 0.717) is 19.6 Å². The molecule has 0 spiro atoms. The Balaban J connectivity index is 1.77. The van der Waals surface area contributed by atoms with Crippen molar-refractivity contribution in [1.29, 1.82) is 0 Å². The molecule has 8 heteroatoms. The first-order chi connectivity index (χ1) is 11.5. The molecular formula is C16H22N6O2. The molecule has 2 aromatic heterocycles. The summed E-state index contributed by atoms with van der Waals surface area (Å²) in [5, 5.41) is 8.46. The molecule has 0 unspecified atom stereocenters. The van der Waals surface area contributed by atoms with Gasteiger partial charge in [0.1, 0.15) is 12.2 Å². The zero-order valence-electron chi connectivity index (χ0n) is 14.1. The van der Waals surface area contributed by atoms with Crippen LogP contribution in [0.3, 0.4) is 0 Å². The summed E-state index contributed by atoms with van der Waals surface area (Å²) in [6.45, 7) is 2.65. The molecule has 0 bridgehead atoms. The SMILES string of the molecule is CN(C)Cc1nnn2c1CN(C(=O)Cn1ccccc1=O)CCC2. The molecule has 2 aromatic rings. The molecule has 0 saturated heterocycles. The monoisotopic (exact) mass is 330 g/mol. The van der Waals surface area contributed by atoms with E-state index in [0.717, 1.165) is 24.4 Å². The molecular weight excluding hydrogens is 308 g/mol. The van der Waals surface area contributed by atoms with E-state index in [1.54, 1.807) is 23.2 Å². The van der Waals surface area contributed by atoms with Gasteiger partial charge in [-0.05, 0) is 26.6 Å². The second-order valence-corrected chi connectivity index (χ2v) is 6.28. The van der Waals surface area contributed by atoms with Gasteiger partial charge in [0.15, 0.2) is 0 Å². The Morgan fingerprint density at radius 2 is 2.12 bits per heavy atom. The zero-order valence-corrected chi connectivity index (χ0v) is 14.1. The lowest BCUT2D eigenvalue weighted by molar-refractivity contribution is -0.132. The zero-order chi connectivity index (χ0) is 17.1. The average molecular weight is 330 g/mol. The van der Waals surface area contributed by atoms with Gasteiger partial charge in [0.25, 0.3) is 5.56 Å². The molecule has 0 saturated carbocycles. The molecule has 3 heterocycles. The lowest BCUT2D eigenvalue weighted by Gasteiger charge is -2.21. The van der Waals surface area contributed by atoms with Crippen LogP contribution in [0.25, 0.3) is 0 Å². The minimum Gasteiger partial charge on any atom is -0.335 e. The lowest BCUT2D eigenvalue weighted by atomic mass is 10.2. The summed E-state index contributed by atoms with van der Waals surface area (Å²) in [6, 6.07) is 4.89. The summed E-state index contributed by atoms with van der Waals surface area (Å²) in [6.07, 6.45) is 2.47. The van der Waals surface area contributed by atoms with Gasteiger partial charge in [-0.2, -0.15) is 0 Å². The van der Waals surface area contributed by atoms with E-state index in [1.807, 2.05) is 23.7 Å². The number of carbonyl (C=O) groups is 1. The fourth-order valence-corrected chi connectivity index (χ4v) is 2.86. The summed E-state index contributed by atoms with van der Waals surface area (Å²) in [4.78, 5) is 28.3. The van der Waals surface area contributed by atoms with Crippen LogP contribution in [0.1, 0.15) is 17.8 Å². The third-order valence-corrected chi connectivity index (χ3v) is 4.08. The molecule has 0 atom stereocenters. The van der Waals surface area contributed by atoms with E-state index in [9.17, 15) is 9.59 Å². The van der Waals surface area contributed by atoms with Gasteiger partial charge in [0.2, 0.25) is 5.91 Å². The third-order valence-electron chi connectivity index (χ3n) is 4.08. The molecule has 1 amide bonds. The van der Waals surface area contributed by atoms with E-state index in [2.05, 4.69) is 10.3 Å². The van der Waals surface area contributed by atoms with Crippen LogP contribution in [-0.2, 0) is 31.0 Å².